The molecule has 0 amide bonds. The third kappa shape index (κ3) is 3.52. The summed E-state index contributed by atoms with van der Waals surface area (Å²) in [6, 6.07) is 0. The standard InChI is InChI=1S/C9H15N5O3/c1-5(15)3-4-11-8-7(14(16)17)6(2)12-9(10)13-8/h5,15H,3-4H2,1-2H3,(H3,10,11,12,13). The van der Waals surface area contributed by atoms with Crippen molar-refractivity contribution in [3.63, 3.8) is 0 Å². The zero-order valence-electron chi connectivity index (χ0n) is 9.67. The van der Waals surface area contributed by atoms with E-state index in [0.717, 1.165) is 0 Å². The van der Waals surface area contributed by atoms with Crippen molar-refractivity contribution < 1.29 is 10.0 Å². The van der Waals surface area contributed by atoms with Crippen molar-refractivity contribution in [2.45, 2.75) is 26.4 Å². The highest BCUT2D eigenvalue weighted by atomic mass is 16.6. The van der Waals surface area contributed by atoms with Gasteiger partial charge >= 0.3 is 5.69 Å². The molecule has 8 heteroatoms. The van der Waals surface area contributed by atoms with Gasteiger partial charge in [0.15, 0.2) is 0 Å². The molecule has 1 aromatic rings. The molecule has 1 heterocycles. The first-order valence-electron chi connectivity index (χ1n) is 5.12. The van der Waals surface area contributed by atoms with Gasteiger partial charge in [-0.15, -0.1) is 0 Å². The predicted octanol–water partition coefficient (Wildman–Crippen LogP) is 0.458. The van der Waals surface area contributed by atoms with E-state index in [0.29, 0.717) is 13.0 Å². The van der Waals surface area contributed by atoms with Crippen LogP contribution in [0.4, 0.5) is 17.5 Å². The summed E-state index contributed by atoms with van der Waals surface area (Å²) >= 11 is 0. The molecule has 0 radical (unpaired) electrons. The van der Waals surface area contributed by atoms with Gasteiger partial charge in [0.1, 0.15) is 5.69 Å². The van der Waals surface area contributed by atoms with Crippen molar-refractivity contribution in [2.24, 2.45) is 0 Å². The van der Waals surface area contributed by atoms with Crippen LogP contribution in [0.3, 0.4) is 0 Å². The molecule has 0 aliphatic carbocycles. The molecule has 1 rings (SSSR count). The Morgan fingerprint density at radius 1 is 1.59 bits per heavy atom. The van der Waals surface area contributed by atoms with Gasteiger partial charge in [-0.2, -0.15) is 4.98 Å². The van der Waals surface area contributed by atoms with E-state index in [1.165, 1.54) is 6.92 Å². The van der Waals surface area contributed by atoms with Crippen molar-refractivity contribution in [2.75, 3.05) is 17.6 Å². The summed E-state index contributed by atoms with van der Waals surface area (Å²) in [5, 5.41) is 22.7. The van der Waals surface area contributed by atoms with Crippen LogP contribution in [0.5, 0.6) is 0 Å². The van der Waals surface area contributed by atoms with Gasteiger partial charge < -0.3 is 16.2 Å². The molecule has 0 aliphatic heterocycles. The van der Waals surface area contributed by atoms with E-state index in [1.807, 2.05) is 0 Å². The highest BCUT2D eigenvalue weighted by molar-refractivity contribution is 5.60. The summed E-state index contributed by atoms with van der Waals surface area (Å²) in [6.45, 7) is 3.50. The van der Waals surface area contributed by atoms with E-state index >= 15 is 0 Å². The van der Waals surface area contributed by atoms with Crippen LogP contribution in [-0.2, 0) is 0 Å². The summed E-state index contributed by atoms with van der Waals surface area (Å²) in [5.74, 6) is 0.0632. The second-order valence-electron chi connectivity index (χ2n) is 3.69. The first-order valence-corrected chi connectivity index (χ1v) is 5.12. The first kappa shape index (κ1) is 13.1. The second-order valence-corrected chi connectivity index (χ2v) is 3.69. The van der Waals surface area contributed by atoms with Gasteiger partial charge in [0.25, 0.3) is 0 Å². The highest BCUT2D eigenvalue weighted by Crippen LogP contribution is 2.25. The lowest BCUT2D eigenvalue weighted by molar-refractivity contribution is -0.385. The molecule has 94 valence electrons. The van der Waals surface area contributed by atoms with E-state index in [2.05, 4.69) is 15.3 Å². The lowest BCUT2D eigenvalue weighted by Crippen LogP contribution is -2.13. The van der Waals surface area contributed by atoms with Crippen molar-refractivity contribution in [3.05, 3.63) is 15.8 Å². The molecule has 1 atom stereocenters. The van der Waals surface area contributed by atoms with Crippen molar-refractivity contribution >= 4 is 17.5 Å². The minimum atomic E-state index is -0.556. The SMILES string of the molecule is Cc1nc(N)nc(NCCC(C)O)c1[N+](=O)[O-]. The number of hydrogen-bond acceptors (Lipinski definition) is 7. The van der Waals surface area contributed by atoms with Crippen molar-refractivity contribution in [1.29, 1.82) is 0 Å². The third-order valence-electron chi connectivity index (χ3n) is 2.11. The number of aromatic nitrogens is 2. The van der Waals surface area contributed by atoms with E-state index in [1.54, 1.807) is 6.92 Å². The molecule has 0 aliphatic rings. The molecule has 0 fully saturated rings. The average Bonchev–Trinajstić information content (AvgIpc) is 2.14. The average molecular weight is 241 g/mol. The van der Waals surface area contributed by atoms with Gasteiger partial charge in [0, 0.05) is 6.54 Å². The molecule has 0 aromatic carbocycles. The zero-order valence-corrected chi connectivity index (χ0v) is 9.67. The molecule has 0 spiro atoms. The molecule has 1 aromatic heterocycles. The Morgan fingerprint density at radius 2 is 2.24 bits per heavy atom. The summed E-state index contributed by atoms with van der Waals surface area (Å²) in [7, 11) is 0. The topological polar surface area (TPSA) is 127 Å². The Hall–Kier alpha value is -1.96. The summed E-state index contributed by atoms with van der Waals surface area (Å²) in [6.07, 6.45) is -0.0260. The number of hydrogen-bond donors (Lipinski definition) is 3. The quantitative estimate of drug-likeness (QED) is 0.504. The zero-order chi connectivity index (χ0) is 13.0. The normalized spacial score (nSPS) is 12.2. The van der Waals surface area contributed by atoms with Gasteiger partial charge in [-0.05, 0) is 20.3 Å². The number of nitrogens with one attached hydrogen (secondary N) is 1. The Kier molecular flexibility index (Phi) is 4.16. The van der Waals surface area contributed by atoms with Crippen LogP contribution in [0.15, 0.2) is 0 Å². The number of anilines is 2. The number of aryl methyl sites for hydroxylation is 1. The van der Waals surface area contributed by atoms with E-state index < -0.39 is 11.0 Å². The molecule has 1 unspecified atom stereocenters. The number of aliphatic hydroxyl groups excluding tert-OH is 1. The number of nitrogens with two attached hydrogens (primary N) is 1. The maximum Gasteiger partial charge on any atom is 0.332 e. The number of aliphatic hydroxyl groups is 1. The summed E-state index contributed by atoms with van der Waals surface area (Å²) in [4.78, 5) is 17.8. The van der Waals surface area contributed by atoms with Gasteiger partial charge in [0.05, 0.1) is 11.0 Å². The molecular weight excluding hydrogens is 226 g/mol. The second kappa shape index (κ2) is 5.39. The number of rotatable bonds is 5. The maximum absolute atomic E-state index is 10.8. The Balaban J connectivity index is 2.92. The van der Waals surface area contributed by atoms with Gasteiger partial charge in [-0.1, -0.05) is 0 Å². The van der Waals surface area contributed by atoms with E-state index in [4.69, 9.17) is 10.8 Å². The van der Waals surface area contributed by atoms with Gasteiger partial charge in [-0.3, -0.25) is 10.1 Å². The maximum atomic E-state index is 10.8. The van der Waals surface area contributed by atoms with Crippen molar-refractivity contribution in [3.8, 4) is 0 Å². The van der Waals surface area contributed by atoms with E-state index in [-0.39, 0.29) is 23.1 Å². The number of nitrogens with zero attached hydrogens (tertiary/aromatic N) is 3. The number of nitro groups is 1. The fraction of sp³-hybridized carbons (Fsp3) is 0.556. The fourth-order valence-electron chi connectivity index (χ4n) is 1.33. The van der Waals surface area contributed by atoms with Crippen LogP contribution in [0.1, 0.15) is 19.0 Å². The molecular formula is C9H15N5O3. The van der Waals surface area contributed by atoms with Crippen LogP contribution in [0.25, 0.3) is 0 Å². The molecule has 0 bridgehead atoms. The van der Waals surface area contributed by atoms with Crippen LogP contribution in [0.2, 0.25) is 0 Å². The predicted molar refractivity (Wildman–Crippen MR) is 62.6 cm³/mol. The van der Waals surface area contributed by atoms with Crippen LogP contribution < -0.4 is 11.1 Å². The third-order valence-corrected chi connectivity index (χ3v) is 2.11. The van der Waals surface area contributed by atoms with E-state index in [9.17, 15) is 10.1 Å². The molecule has 8 nitrogen and oxygen atoms in total. The number of nitrogen functional groups attached to an aromatic ring is 1. The minimum Gasteiger partial charge on any atom is -0.393 e. The molecule has 4 N–H and O–H groups in total. The monoisotopic (exact) mass is 241 g/mol. The van der Waals surface area contributed by atoms with Crippen LogP contribution >= 0.6 is 0 Å². The van der Waals surface area contributed by atoms with Crippen molar-refractivity contribution in [1.82, 2.24) is 9.97 Å². The lowest BCUT2D eigenvalue weighted by Gasteiger charge is -2.09. The van der Waals surface area contributed by atoms with Crippen LogP contribution in [0, 0.1) is 17.0 Å². The molecule has 0 saturated heterocycles. The Bertz CT molecular complexity index is 421. The first-order chi connectivity index (χ1) is 7.91. The lowest BCUT2D eigenvalue weighted by atomic mass is 10.3. The minimum absolute atomic E-state index is 0.0207. The molecule has 17 heavy (non-hydrogen) atoms. The van der Waals surface area contributed by atoms with Gasteiger partial charge in [0.2, 0.25) is 11.8 Å². The van der Waals surface area contributed by atoms with Crippen LogP contribution in [-0.4, -0.2) is 32.6 Å². The fourth-order valence-corrected chi connectivity index (χ4v) is 1.33. The summed E-state index contributed by atoms with van der Waals surface area (Å²) < 4.78 is 0. The smallest absolute Gasteiger partial charge is 0.332 e. The Morgan fingerprint density at radius 3 is 2.76 bits per heavy atom. The Labute approximate surface area is 98.0 Å². The largest absolute Gasteiger partial charge is 0.393 e. The van der Waals surface area contributed by atoms with Gasteiger partial charge in [-0.25, -0.2) is 4.98 Å². The summed E-state index contributed by atoms with van der Waals surface area (Å²) in [5.41, 5.74) is 5.45. The molecule has 0 saturated carbocycles. The highest BCUT2D eigenvalue weighted by Gasteiger charge is 2.21.